The van der Waals surface area contributed by atoms with Crippen LogP contribution in [0.4, 0.5) is 11.4 Å². The van der Waals surface area contributed by atoms with Gasteiger partial charge in [0.15, 0.2) is 0 Å². The van der Waals surface area contributed by atoms with Crippen molar-refractivity contribution in [1.82, 2.24) is 15.1 Å². The van der Waals surface area contributed by atoms with Gasteiger partial charge in [-0.15, -0.1) is 12.4 Å². The molecule has 2 aliphatic heterocycles. The highest BCUT2D eigenvalue weighted by Gasteiger charge is 2.23. The Morgan fingerprint density at radius 2 is 2.14 bits per heavy atom. The van der Waals surface area contributed by atoms with Crippen LogP contribution in [0, 0.1) is 6.92 Å². The molecule has 0 aliphatic carbocycles. The lowest BCUT2D eigenvalue weighted by atomic mass is 10.1. The molecule has 1 fully saturated rings. The number of aromatic nitrogens is 2. The van der Waals surface area contributed by atoms with E-state index in [1.165, 1.54) is 5.69 Å². The molecular weight excluding hydrogens is 378 g/mol. The SMILES string of the molecule is Cc1ccc(NC(=O)CCc2cc3n(n2)CCNC3)cc1N1CCCC1=O.Cl. The highest BCUT2D eigenvalue weighted by Crippen LogP contribution is 2.28. The molecule has 0 spiro atoms. The van der Waals surface area contributed by atoms with E-state index in [0.717, 1.165) is 55.2 Å². The van der Waals surface area contributed by atoms with Crippen LogP contribution in [0.2, 0.25) is 0 Å². The van der Waals surface area contributed by atoms with Crippen molar-refractivity contribution in [2.75, 3.05) is 23.3 Å². The van der Waals surface area contributed by atoms with Gasteiger partial charge < -0.3 is 15.5 Å². The van der Waals surface area contributed by atoms with Gasteiger partial charge in [0.2, 0.25) is 11.8 Å². The lowest BCUT2D eigenvalue weighted by Crippen LogP contribution is -2.28. The molecule has 0 saturated carbocycles. The maximum absolute atomic E-state index is 12.4. The van der Waals surface area contributed by atoms with Crippen LogP contribution in [0.5, 0.6) is 0 Å². The van der Waals surface area contributed by atoms with Gasteiger partial charge in [-0.1, -0.05) is 6.07 Å². The van der Waals surface area contributed by atoms with E-state index in [-0.39, 0.29) is 24.2 Å². The summed E-state index contributed by atoms with van der Waals surface area (Å²) in [6.45, 7) is 5.38. The number of carbonyl (C=O) groups is 2. The lowest BCUT2D eigenvalue weighted by molar-refractivity contribution is -0.117. The molecule has 1 saturated heterocycles. The van der Waals surface area contributed by atoms with Gasteiger partial charge >= 0.3 is 0 Å². The van der Waals surface area contributed by atoms with Crippen molar-refractivity contribution < 1.29 is 9.59 Å². The number of hydrogen-bond donors (Lipinski definition) is 2. The van der Waals surface area contributed by atoms with Crippen molar-refractivity contribution in [3.63, 3.8) is 0 Å². The Hall–Kier alpha value is -2.38. The van der Waals surface area contributed by atoms with Crippen molar-refractivity contribution in [2.45, 2.75) is 45.7 Å². The average Bonchev–Trinajstić information content (AvgIpc) is 3.27. The summed E-state index contributed by atoms with van der Waals surface area (Å²) in [7, 11) is 0. The first kappa shape index (κ1) is 20.4. The molecule has 7 nitrogen and oxygen atoms in total. The number of nitrogens with zero attached hydrogens (tertiary/aromatic N) is 3. The van der Waals surface area contributed by atoms with Gasteiger partial charge in [-0.2, -0.15) is 5.10 Å². The summed E-state index contributed by atoms with van der Waals surface area (Å²) in [5.41, 5.74) is 4.80. The molecule has 2 aromatic rings. The first-order valence-electron chi connectivity index (χ1n) is 9.57. The van der Waals surface area contributed by atoms with Crippen molar-refractivity contribution in [3.8, 4) is 0 Å². The van der Waals surface area contributed by atoms with Gasteiger partial charge in [-0.25, -0.2) is 0 Å². The number of benzene rings is 1. The summed E-state index contributed by atoms with van der Waals surface area (Å²) >= 11 is 0. The van der Waals surface area contributed by atoms with Gasteiger partial charge in [-0.05, 0) is 37.1 Å². The summed E-state index contributed by atoms with van der Waals surface area (Å²) in [5.74, 6) is 0.112. The first-order valence-corrected chi connectivity index (χ1v) is 9.57. The summed E-state index contributed by atoms with van der Waals surface area (Å²) in [6, 6.07) is 7.81. The van der Waals surface area contributed by atoms with Gasteiger partial charge in [0.05, 0.1) is 17.9 Å². The van der Waals surface area contributed by atoms with Gasteiger partial charge in [0.25, 0.3) is 0 Å². The zero-order valence-corrected chi connectivity index (χ0v) is 16.8. The van der Waals surface area contributed by atoms with E-state index >= 15 is 0 Å². The van der Waals surface area contributed by atoms with E-state index < -0.39 is 0 Å². The lowest BCUT2D eigenvalue weighted by Gasteiger charge is -2.19. The van der Waals surface area contributed by atoms with Crippen molar-refractivity contribution in [1.29, 1.82) is 0 Å². The number of fused-ring (bicyclic) bond motifs is 1. The molecule has 0 atom stereocenters. The Labute approximate surface area is 170 Å². The maximum Gasteiger partial charge on any atom is 0.227 e. The van der Waals surface area contributed by atoms with Crippen LogP contribution in [0.3, 0.4) is 0 Å². The number of nitrogens with one attached hydrogen (secondary N) is 2. The number of halogens is 1. The largest absolute Gasteiger partial charge is 0.326 e. The second kappa shape index (κ2) is 8.75. The molecule has 2 aliphatic rings. The smallest absolute Gasteiger partial charge is 0.227 e. The second-order valence-electron chi connectivity index (χ2n) is 7.23. The van der Waals surface area contributed by atoms with Crippen LogP contribution in [0.1, 0.15) is 36.2 Å². The van der Waals surface area contributed by atoms with Gasteiger partial charge in [0, 0.05) is 50.3 Å². The van der Waals surface area contributed by atoms with Crippen LogP contribution in [-0.2, 0) is 29.1 Å². The van der Waals surface area contributed by atoms with E-state index in [2.05, 4.69) is 21.8 Å². The Kier molecular flexibility index (Phi) is 6.36. The summed E-state index contributed by atoms with van der Waals surface area (Å²) < 4.78 is 2.02. The molecule has 2 amide bonds. The van der Waals surface area contributed by atoms with E-state index in [0.29, 0.717) is 19.3 Å². The van der Waals surface area contributed by atoms with Crippen LogP contribution in [0.25, 0.3) is 0 Å². The maximum atomic E-state index is 12.4. The van der Waals surface area contributed by atoms with E-state index in [1.807, 2.05) is 34.7 Å². The number of carbonyl (C=O) groups excluding carboxylic acids is 2. The van der Waals surface area contributed by atoms with E-state index in [4.69, 9.17) is 0 Å². The highest BCUT2D eigenvalue weighted by atomic mass is 35.5. The van der Waals surface area contributed by atoms with Gasteiger partial charge in [-0.3, -0.25) is 14.3 Å². The molecule has 0 unspecified atom stereocenters. The topological polar surface area (TPSA) is 79.3 Å². The molecule has 1 aromatic heterocycles. The molecule has 3 heterocycles. The predicted molar refractivity (Wildman–Crippen MR) is 111 cm³/mol. The number of aryl methyl sites for hydroxylation is 2. The normalized spacial score (nSPS) is 15.9. The highest BCUT2D eigenvalue weighted by molar-refractivity contribution is 5.97. The minimum Gasteiger partial charge on any atom is -0.326 e. The number of anilines is 2. The fraction of sp³-hybridized carbons (Fsp3) is 0.450. The molecule has 28 heavy (non-hydrogen) atoms. The summed E-state index contributed by atoms with van der Waals surface area (Å²) in [6.07, 6.45) is 2.49. The Balaban J connectivity index is 0.00000225. The monoisotopic (exact) mass is 403 g/mol. The predicted octanol–water partition coefficient (Wildman–Crippen LogP) is 2.41. The zero-order chi connectivity index (χ0) is 18.8. The Morgan fingerprint density at radius 1 is 1.29 bits per heavy atom. The van der Waals surface area contributed by atoms with E-state index in [1.54, 1.807) is 0 Å². The average molecular weight is 404 g/mol. The molecule has 8 heteroatoms. The molecular formula is C20H26ClN5O2. The van der Waals surface area contributed by atoms with Crippen molar-refractivity contribution >= 4 is 35.6 Å². The van der Waals surface area contributed by atoms with Crippen molar-refractivity contribution in [3.05, 3.63) is 41.2 Å². The molecule has 4 rings (SSSR count). The number of amides is 2. The minimum absolute atomic E-state index is 0. The van der Waals surface area contributed by atoms with Gasteiger partial charge in [0.1, 0.15) is 0 Å². The molecule has 0 bridgehead atoms. The van der Waals surface area contributed by atoms with Crippen LogP contribution >= 0.6 is 12.4 Å². The minimum atomic E-state index is -0.0401. The van der Waals surface area contributed by atoms with E-state index in [9.17, 15) is 9.59 Å². The van der Waals surface area contributed by atoms with Crippen LogP contribution in [-0.4, -0.2) is 34.7 Å². The van der Waals surface area contributed by atoms with Crippen LogP contribution in [0.15, 0.2) is 24.3 Å². The van der Waals surface area contributed by atoms with Crippen LogP contribution < -0.4 is 15.5 Å². The molecule has 1 aromatic carbocycles. The first-order chi connectivity index (χ1) is 13.1. The molecule has 150 valence electrons. The zero-order valence-electron chi connectivity index (χ0n) is 16.0. The number of rotatable bonds is 5. The fourth-order valence-corrected chi connectivity index (χ4v) is 3.72. The standard InChI is InChI=1S/C20H25N5O2.ClH/c1-14-4-5-15(12-18(14)24-9-2-3-20(24)27)22-19(26)7-6-16-11-17-13-21-8-10-25(17)23-16;/h4-5,11-12,21H,2-3,6-10,13H2,1H3,(H,22,26);1H. The summed E-state index contributed by atoms with van der Waals surface area (Å²) in [5, 5.41) is 10.8. The summed E-state index contributed by atoms with van der Waals surface area (Å²) in [4.78, 5) is 26.2. The fourth-order valence-electron chi connectivity index (χ4n) is 3.72. The Morgan fingerprint density at radius 3 is 2.89 bits per heavy atom. The third-order valence-corrected chi connectivity index (χ3v) is 5.19. The number of hydrogen-bond acceptors (Lipinski definition) is 4. The third kappa shape index (κ3) is 4.36. The quantitative estimate of drug-likeness (QED) is 0.803. The second-order valence-corrected chi connectivity index (χ2v) is 7.23. The Bertz CT molecular complexity index is 856. The molecule has 2 N–H and O–H groups in total. The molecule has 0 radical (unpaired) electrons. The third-order valence-electron chi connectivity index (χ3n) is 5.19. The van der Waals surface area contributed by atoms with Crippen molar-refractivity contribution in [2.24, 2.45) is 0 Å².